The molecule has 4 rings (SSSR count). The maximum absolute atomic E-state index is 5.93. The van der Waals surface area contributed by atoms with Gasteiger partial charge in [-0.2, -0.15) is 0 Å². The lowest BCUT2D eigenvalue weighted by atomic mass is 10.1. The Kier molecular flexibility index (Phi) is 5.62. The molecule has 1 fully saturated rings. The maximum Gasteiger partial charge on any atom is 0.190 e. The first-order chi connectivity index (χ1) is 13.1. The van der Waals surface area contributed by atoms with Crippen molar-refractivity contribution in [3.8, 4) is 11.3 Å². The third kappa shape index (κ3) is 3.96. The molecule has 0 saturated carbocycles. The van der Waals surface area contributed by atoms with E-state index in [0.29, 0.717) is 0 Å². The van der Waals surface area contributed by atoms with E-state index in [1.807, 2.05) is 6.07 Å². The Labute approximate surface area is 172 Å². The van der Waals surface area contributed by atoms with Crippen molar-refractivity contribution in [2.24, 2.45) is 4.99 Å². The molecule has 0 radical (unpaired) electrons. The van der Waals surface area contributed by atoms with Gasteiger partial charge in [0.1, 0.15) is 0 Å². The fourth-order valence-electron chi connectivity index (χ4n) is 3.55. The number of hydrogen-bond acceptors (Lipinski definition) is 3. The van der Waals surface area contributed by atoms with Crippen LogP contribution in [0.25, 0.3) is 11.3 Å². The molecule has 2 aromatic carbocycles. The summed E-state index contributed by atoms with van der Waals surface area (Å²) in [6, 6.07) is 14.7. The molecule has 0 bridgehead atoms. The van der Waals surface area contributed by atoms with Crippen molar-refractivity contribution in [2.75, 3.05) is 6.61 Å². The summed E-state index contributed by atoms with van der Waals surface area (Å²) in [7, 11) is 0. The van der Waals surface area contributed by atoms with Crippen LogP contribution in [-0.4, -0.2) is 17.3 Å². The van der Waals surface area contributed by atoms with Crippen LogP contribution in [0.2, 0.25) is 0 Å². The van der Waals surface area contributed by atoms with Gasteiger partial charge in [-0.25, -0.2) is 4.99 Å². The highest BCUT2D eigenvalue weighted by Gasteiger charge is 2.19. The zero-order valence-corrected chi connectivity index (χ0v) is 18.0. The van der Waals surface area contributed by atoms with E-state index in [4.69, 9.17) is 9.73 Å². The lowest BCUT2D eigenvalue weighted by molar-refractivity contribution is 0.0968. The Hall–Kier alpha value is -1.69. The number of thiazole rings is 1. The molecule has 140 valence electrons. The summed E-state index contributed by atoms with van der Waals surface area (Å²) < 4.78 is 9.36. The second kappa shape index (κ2) is 8.13. The van der Waals surface area contributed by atoms with Crippen molar-refractivity contribution in [1.29, 1.82) is 0 Å². The molecular formula is C22H23BrN2OS. The smallest absolute Gasteiger partial charge is 0.190 e. The number of nitrogens with zero attached hydrogens (tertiary/aromatic N) is 2. The van der Waals surface area contributed by atoms with Gasteiger partial charge in [0.25, 0.3) is 0 Å². The average Bonchev–Trinajstić information content (AvgIpc) is 3.30. The first kappa shape index (κ1) is 18.7. The van der Waals surface area contributed by atoms with Crippen LogP contribution >= 0.6 is 27.3 Å². The van der Waals surface area contributed by atoms with Gasteiger partial charge < -0.3 is 9.30 Å². The monoisotopic (exact) mass is 442 g/mol. The maximum atomic E-state index is 5.93. The number of halogens is 1. The Morgan fingerprint density at radius 2 is 1.93 bits per heavy atom. The summed E-state index contributed by atoms with van der Waals surface area (Å²) in [5.74, 6) is 0. The quantitative estimate of drug-likeness (QED) is 0.485. The van der Waals surface area contributed by atoms with Crippen molar-refractivity contribution in [1.82, 2.24) is 4.57 Å². The van der Waals surface area contributed by atoms with Crippen LogP contribution in [0.15, 0.2) is 57.3 Å². The van der Waals surface area contributed by atoms with E-state index in [1.54, 1.807) is 11.3 Å². The van der Waals surface area contributed by atoms with E-state index >= 15 is 0 Å². The van der Waals surface area contributed by atoms with Crippen LogP contribution in [-0.2, 0) is 11.3 Å². The van der Waals surface area contributed by atoms with E-state index in [-0.39, 0.29) is 6.10 Å². The number of aromatic nitrogens is 1. The Bertz CT molecular complexity index is 995. The van der Waals surface area contributed by atoms with Gasteiger partial charge >= 0.3 is 0 Å². The summed E-state index contributed by atoms with van der Waals surface area (Å²) in [5, 5.41) is 2.21. The van der Waals surface area contributed by atoms with Crippen molar-refractivity contribution in [2.45, 2.75) is 39.3 Å². The second-order valence-corrected chi connectivity index (χ2v) is 8.67. The summed E-state index contributed by atoms with van der Waals surface area (Å²) >= 11 is 5.40. The van der Waals surface area contributed by atoms with Crippen LogP contribution in [0.4, 0.5) is 5.69 Å². The molecule has 5 heteroatoms. The molecule has 1 unspecified atom stereocenters. The molecule has 3 nitrogen and oxygen atoms in total. The van der Waals surface area contributed by atoms with Gasteiger partial charge in [-0.3, -0.25) is 0 Å². The van der Waals surface area contributed by atoms with E-state index in [9.17, 15) is 0 Å². The largest absolute Gasteiger partial charge is 0.376 e. The van der Waals surface area contributed by atoms with Crippen LogP contribution < -0.4 is 4.80 Å². The number of rotatable bonds is 4. The minimum atomic E-state index is 0.262. The molecule has 1 atom stereocenters. The highest BCUT2D eigenvalue weighted by molar-refractivity contribution is 9.10. The normalized spacial score (nSPS) is 17.6. The zero-order chi connectivity index (χ0) is 18.8. The van der Waals surface area contributed by atoms with Gasteiger partial charge in [0.05, 0.1) is 24.0 Å². The lowest BCUT2D eigenvalue weighted by Gasteiger charge is -2.15. The SMILES string of the molecule is Cc1cccc(C)c1N=c1scc(-c2ccccc2Br)n1CC1CCCO1. The fourth-order valence-corrected chi connectivity index (χ4v) is 4.95. The molecule has 2 heterocycles. The third-order valence-corrected chi connectivity index (χ3v) is 6.56. The van der Waals surface area contributed by atoms with Crippen LogP contribution in [0.5, 0.6) is 0 Å². The minimum absolute atomic E-state index is 0.262. The van der Waals surface area contributed by atoms with E-state index in [2.05, 4.69) is 76.1 Å². The van der Waals surface area contributed by atoms with E-state index < -0.39 is 0 Å². The van der Waals surface area contributed by atoms with Gasteiger partial charge in [-0.15, -0.1) is 11.3 Å². The molecule has 0 aliphatic carbocycles. The topological polar surface area (TPSA) is 26.5 Å². The van der Waals surface area contributed by atoms with Crippen molar-refractivity contribution < 1.29 is 4.74 Å². The van der Waals surface area contributed by atoms with E-state index in [1.165, 1.54) is 22.4 Å². The molecular weight excluding hydrogens is 420 g/mol. The van der Waals surface area contributed by atoms with Gasteiger partial charge in [0, 0.05) is 22.0 Å². The minimum Gasteiger partial charge on any atom is -0.376 e. The number of hydrogen-bond donors (Lipinski definition) is 0. The summed E-state index contributed by atoms with van der Waals surface area (Å²) in [4.78, 5) is 6.09. The summed E-state index contributed by atoms with van der Waals surface area (Å²) in [6.45, 7) is 5.95. The van der Waals surface area contributed by atoms with Gasteiger partial charge in [0.15, 0.2) is 4.80 Å². The number of para-hydroxylation sites is 1. The molecule has 1 aliphatic rings. The second-order valence-electron chi connectivity index (χ2n) is 6.98. The lowest BCUT2D eigenvalue weighted by Crippen LogP contribution is -2.24. The predicted molar refractivity (Wildman–Crippen MR) is 116 cm³/mol. The highest BCUT2D eigenvalue weighted by Crippen LogP contribution is 2.30. The van der Waals surface area contributed by atoms with Crippen LogP contribution in [0.1, 0.15) is 24.0 Å². The van der Waals surface area contributed by atoms with Crippen molar-refractivity contribution in [3.63, 3.8) is 0 Å². The zero-order valence-electron chi connectivity index (χ0n) is 15.6. The summed E-state index contributed by atoms with van der Waals surface area (Å²) in [5.41, 5.74) is 5.85. The van der Waals surface area contributed by atoms with Crippen LogP contribution in [0, 0.1) is 13.8 Å². The van der Waals surface area contributed by atoms with Crippen molar-refractivity contribution >= 4 is 33.0 Å². The molecule has 1 aliphatic heterocycles. The number of benzene rings is 2. The predicted octanol–water partition coefficient (Wildman–Crippen LogP) is 6.01. The Morgan fingerprint density at radius 1 is 1.15 bits per heavy atom. The first-order valence-corrected chi connectivity index (χ1v) is 11.0. The van der Waals surface area contributed by atoms with E-state index in [0.717, 1.165) is 41.0 Å². The van der Waals surface area contributed by atoms with Crippen molar-refractivity contribution in [3.05, 3.63) is 68.2 Å². The molecule has 1 saturated heterocycles. The standard InChI is InChI=1S/C22H23BrN2OS/c1-15-7-5-8-16(2)21(15)24-22-25(13-17-9-6-12-26-17)20(14-27-22)18-10-3-4-11-19(18)23/h3-5,7-8,10-11,14,17H,6,9,12-13H2,1-2H3. The highest BCUT2D eigenvalue weighted by atomic mass is 79.9. The molecule has 27 heavy (non-hydrogen) atoms. The Morgan fingerprint density at radius 3 is 2.63 bits per heavy atom. The van der Waals surface area contributed by atoms with Gasteiger partial charge in [0.2, 0.25) is 0 Å². The molecule has 0 N–H and O–H groups in total. The Balaban J connectivity index is 1.87. The number of ether oxygens (including phenoxy) is 1. The average molecular weight is 443 g/mol. The summed E-state index contributed by atoms with van der Waals surface area (Å²) in [6.07, 6.45) is 2.52. The number of aryl methyl sites for hydroxylation is 2. The van der Waals surface area contributed by atoms with Gasteiger partial charge in [-0.05, 0) is 43.9 Å². The van der Waals surface area contributed by atoms with Gasteiger partial charge in [-0.1, -0.05) is 52.3 Å². The third-order valence-electron chi connectivity index (χ3n) is 5.00. The molecule has 1 aromatic heterocycles. The molecule has 3 aromatic rings. The molecule has 0 amide bonds. The fraction of sp³-hybridized carbons (Fsp3) is 0.318. The molecule has 0 spiro atoms. The first-order valence-electron chi connectivity index (χ1n) is 9.29. The van der Waals surface area contributed by atoms with Crippen LogP contribution in [0.3, 0.4) is 0 Å².